The number of carboxylic acid groups (broad SMARTS) is 1. The summed E-state index contributed by atoms with van der Waals surface area (Å²) in [6, 6.07) is 1.50. The van der Waals surface area contributed by atoms with Gasteiger partial charge in [-0.2, -0.15) is 0 Å². The van der Waals surface area contributed by atoms with Gasteiger partial charge in [-0.25, -0.2) is 13.6 Å². The molecule has 0 aromatic heterocycles. The molecule has 0 aliphatic heterocycles. The Morgan fingerprint density at radius 1 is 1.42 bits per heavy atom. The molecular weight excluding hydrogens is 260 g/mol. The van der Waals surface area contributed by atoms with Crippen LogP contribution in [-0.4, -0.2) is 36.7 Å². The van der Waals surface area contributed by atoms with Crippen LogP contribution in [0.4, 0.5) is 8.78 Å². The molecule has 7 heteroatoms. The second-order valence-electron chi connectivity index (χ2n) is 3.83. The fourth-order valence-electron chi connectivity index (χ4n) is 1.44. The standard InChI is InChI=1S/C12H13F2NO4/c1-19-6-10(12(17)18)15-11(16)5-7-4-8(13)2-3-9(7)14/h2-4,10H,5-6H2,1H3,(H,15,16)(H,17,18). The van der Waals surface area contributed by atoms with Crippen molar-refractivity contribution in [1.29, 1.82) is 0 Å². The van der Waals surface area contributed by atoms with Gasteiger partial charge in [0.1, 0.15) is 11.6 Å². The van der Waals surface area contributed by atoms with Gasteiger partial charge in [-0.1, -0.05) is 0 Å². The van der Waals surface area contributed by atoms with E-state index in [4.69, 9.17) is 5.11 Å². The predicted molar refractivity (Wildman–Crippen MR) is 61.5 cm³/mol. The summed E-state index contributed by atoms with van der Waals surface area (Å²) >= 11 is 0. The van der Waals surface area contributed by atoms with Crippen molar-refractivity contribution < 1.29 is 28.2 Å². The first-order valence-electron chi connectivity index (χ1n) is 5.39. The molecular formula is C12H13F2NO4. The number of amides is 1. The molecule has 0 fully saturated rings. The van der Waals surface area contributed by atoms with Crippen molar-refractivity contribution in [3.05, 3.63) is 35.4 Å². The Balaban J connectivity index is 2.68. The summed E-state index contributed by atoms with van der Waals surface area (Å²) in [5.74, 6) is -3.39. The summed E-state index contributed by atoms with van der Waals surface area (Å²) in [6.45, 7) is -0.216. The van der Waals surface area contributed by atoms with Crippen molar-refractivity contribution in [2.45, 2.75) is 12.5 Å². The highest BCUT2D eigenvalue weighted by Crippen LogP contribution is 2.10. The summed E-state index contributed by atoms with van der Waals surface area (Å²) < 4.78 is 30.8. The smallest absolute Gasteiger partial charge is 0.328 e. The molecule has 0 saturated carbocycles. The van der Waals surface area contributed by atoms with Crippen LogP contribution >= 0.6 is 0 Å². The highest BCUT2D eigenvalue weighted by molar-refractivity contribution is 5.84. The van der Waals surface area contributed by atoms with Gasteiger partial charge in [0, 0.05) is 12.7 Å². The first-order valence-corrected chi connectivity index (χ1v) is 5.39. The molecule has 0 aliphatic carbocycles. The molecule has 0 aliphatic rings. The summed E-state index contributed by atoms with van der Waals surface area (Å²) in [5.41, 5.74) is -0.140. The minimum Gasteiger partial charge on any atom is -0.480 e. The van der Waals surface area contributed by atoms with E-state index in [1.807, 2.05) is 0 Å². The van der Waals surface area contributed by atoms with Crippen LogP contribution in [-0.2, 0) is 20.7 Å². The van der Waals surface area contributed by atoms with Crippen molar-refractivity contribution in [2.24, 2.45) is 0 Å². The molecule has 104 valence electrons. The summed E-state index contributed by atoms with van der Waals surface area (Å²) in [4.78, 5) is 22.3. The lowest BCUT2D eigenvalue weighted by molar-refractivity contribution is -0.143. The highest BCUT2D eigenvalue weighted by atomic mass is 19.1. The number of benzene rings is 1. The third kappa shape index (κ3) is 4.63. The van der Waals surface area contributed by atoms with Crippen molar-refractivity contribution in [1.82, 2.24) is 5.32 Å². The van der Waals surface area contributed by atoms with E-state index in [-0.39, 0.29) is 12.2 Å². The lowest BCUT2D eigenvalue weighted by atomic mass is 10.1. The van der Waals surface area contributed by atoms with Crippen LogP contribution in [0.5, 0.6) is 0 Å². The number of aliphatic carboxylic acids is 1. The van der Waals surface area contributed by atoms with Crippen molar-refractivity contribution in [3.63, 3.8) is 0 Å². The van der Waals surface area contributed by atoms with Crippen LogP contribution in [0.3, 0.4) is 0 Å². The summed E-state index contributed by atoms with van der Waals surface area (Å²) in [5, 5.41) is 10.9. The van der Waals surface area contributed by atoms with Crippen LogP contribution in [0.1, 0.15) is 5.56 Å². The highest BCUT2D eigenvalue weighted by Gasteiger charge is 2.20. The third-order valence-electron chi connectivity index (χ3n) is 2.33. The fourth-order valence-corrected chi connectivity index (χ4v) is 1.44. The minimum atomic E-state index is -1.27. The molecule has 1 rings (SSSR count). The van der Waals surface area contributed by atoms with E-state index in [2.05, 4.69) is 10.1 Å². The lowest BCUT2D eigenvalue weighted by Crippen LogP contribution is -2.44. The first-order chi connectivity index (χ1) is 8.93. The molecule has 2 N–H and O–H groups in total. The molecule has 0 radical (unpaired) electrons. The maximum Gasteiger partial charge on any atom is 0.328 e. The van der Waals surface area contributed by atoms with E-state index >= 15 is 0 Å². The van der Waals surface area contributed by atoms with E-state index < -0.39 is 36.0 Å². The number of methoxy groups -OCH3 is 1. The molecule has 1 amide bonds. The number of halogens is 2. The zero-order chi connectivity index (χ0) is 14.4. The van der Waals surface area contributed by atoms with E-state index in [1.165, 1.54) is 7.11 Å². The van der Waals surface area contributed by atoms with Crippen LogP contribution in [0.2, 0.25) is 0 Å². The summed E-state index contributed by atoms with van der Waals surface area (Å²) in [7, 11) is 1.29. The minimum absolute atomic E-state index is 0.140. The Morgan fingerprint density at radius 3 is 2.68 bits per heavy atom. The average molecular weight is 273 g/mol. The number of carbonyl (C=O) groups excluding carboxylic acids is 1. The molecule has 5 nitrogen and oxygen atoms in total. The van der Waals surface area contributed by atoms with Gasteiger partial charge in [-0.05, 0) is 18.2 Å². The van der Waals surface area contributed by atoms with Gasteiger partial charge in [0.25, 0.3) is 0 Å². The van der Waals surface area contributed by atoms with Gasteiger partial charge in [0.2, 0.25) is 5.91 Å². The van der Waals surface area contributed by atoms with Gasteiger partial charge in [-0.15, -0.1) is 0 Å². The normalized spacial score (nSPS) is 11.9. The van der Waals surface area contributed by atoms with Crippen LogP contribution in [0.25, 0.3) is 0 Å². The number of hydrogen-bond donors (Lipinski definition) is 2. The molecule has 0 bridgehead atoms. The molecule has 1 atom stereocenters. The van der Waals surface area contributed by atoms with Crippen molar-refractivity contribution in [3.8, 4) is 0 Å². The molecule has 1 unspecified atom stereocenters. The van der Waals surface area contributed by atoms with Crippen LogP contribution in [0, 0.1) is 11.6 Å². The Hall–Kier alpha value is -2.02. The van der Waals surface area contributed by atoms with Crippen molar-refractivity contribution in [2.75, 3.05) is 13.7 Å². The third-order valence-corrected chi connectivity index (χ3v) is 2.33. The molecule has 0 heterocycles. The Morgan fingerprint density at radius 2 is 2.11 bits per heavy atom. The van der Waals surface area contributed by atoms with Gasteiger partial charge < -0.3 is 15.2 Å². The molecule has 1 aromatic rings. The fraction of sp³-hybridized carbons (Fsp3) is 0.333. The molecule has 0 saturated heterocycles. The number of carbonyl (C=O) groups is 2. The van der Waals surface area contributed by atoms with E-state index in [9.17, 15) is 18.4 Å². The number of rotatable bonds is 6. The number of carboxylic acids is 1. The lowest BCUT2D eigenvalue weighted by Gasteiger charge is -2.13. The average Bonchev–Trinajstić information content (AvgIpc) is 2.33. The number of nitrogens with one attached hydrogen (secondary N) is 1. The van der Waals surface area contributed by atoms with E-state index in [0.717, 1.165) is 18.2 Å². The van der Waals surface area contributed by atoms with Crippen LogP contribution in [0.15, 0.2) is 18.2 Å². The second-order valence-corrected chi connectivity index (χ2v) is 3.83. The zero-order valence-corrected chi connectivity index (χ0v) is 10.2. The van der Waals surface area contributed by atoms with Crippen LogP contribution < -0.4 is 5.32 Å². The maximum atomic E-state index is 13.3. The first kappa shape index (κ1) is 15.0. The second kappa shape index (κ2) is 6.79. The van der Waals surface area contributed by atoms with Gasteiger partial charge in [0.05, 0.1) is 13.0 Å². The van der Waals surface area contributed by atoms with Gasteiger partial charge >= 0.3 is 5.97 Å². The molecule has 0 spiro atoms. The number of hydrogen-bond acceptors (Lipinski definition) is 3. The monoisotopic (exact) mass is 273 g/mol. The number of ether oxygens (including phenoxy) is 1. The van der Waals surface area contributed by atoms with Gasteiger partial charge in [0.15, 0.2) is 6.04 Å². The zero-order valence-electron chi connectivity index (χ0n) is 10.2. The maximum absolute atomic E-state index is 13.3. The predicted octanol–water partition coefficient (Wildman–Crippen LogP) is 0.723. The molecule has 19 heavy (non-hydrogen) atoms. The largest absolute Gasteiger partial charge is 0.480 e. The Kier molecular flexibility index (Phi) is 5.37. The SMILES string of the molecule is COCC(NC(=O)Cc1cc(F)ccc1F)C(=O)O. The topological polar surface area (TPSA) is 75.6 Å². The molecule has 1 aromatic carbocycles. The Bertz CT molecular complexity index is 479. The van der Waals surface area contributed by atoms with E-state index in [0.29, 0.717) is 0 Å². The summed E-state index contributed by atoms with van der Waals surface area (Å²) in [6.07, 6.45) is -0.447. The van der Waals surface area contributed by atoms with Crippen molar-refractivity contribution >= 4 is 11.9 Å². The quantitative estimate of drug-likeness (QED) is 0.801. The van der Waals surface area contributed by atoms with Gasteiger partial charge in [-0.3, -0.25) is 4.79 Å². The van der Waals surface area contributed by atoms with E-state index in [1.54, 1.807) is 0 Å². The Labute approximate surface area is 108 Å².